The first kappa shape index (κ1) is 23.7. The number of piperidine rings is 1. The summed E-state index contributed by atoms with van der Waals surface area (Å²) < 4.78 is 15.8. The summed E-state index contributed by atoms with van der Waals surface area (Å²) in [7, 11) is -0.420. The summed E-state index contributed by atoms with van der Waals surface area (Å²) in [6.07, 6.45) is 8.85. The first-order chi connectivity index (χ1) is 13.9. The average Bonchev–Trinajstić information content (AvgIpc) is 2.71. The Morgan fingerprint density at radius 3 is 2.79 bits per heavy atom. The van der Waals surface area contributed by atoms with Gasteiger partial charge >= 0.3 is 0 Å². The minimum atomic E-state index is -2.03. The molecule has 5 nitrogen and oxygen atoms in total. The van der Waals surface area contributed by atoms with E-state index in [0.717, 1.165) is 36.3 Å². The van der Waals surface area contributed by atoms with Gasteiger partial charge in [0.1, 0.15) is 0 Å². The van der Waals surface area contributed by atoms with Gasteiger partial charge in [0.2, 0.25) is 5.91 Å². The number of carbonyl (C=O) groups is 2. The highest BCUT2D eigenvalue weighted by molar-refractivity contribution is 7.99. The number of likely N-dealkylation sites (tertiary alicyclic amines) is 1. The summed E-state index contributed by atoms with van der Waals surface area (Å²) >= 11 is 1.78. The fraction of sp³-hybridized carbons (Fsp3) is 0.545. The molecular formula is C22H32N2O3S2. The van der Waals surface area contributed by atoms with E-state index >= 15 is 0 Å². The molecule has 0 N–H and O–H groups in total. The Bertz CT molecular complexity index is 815. The van der Waals surface area contributed by atoms with Crippen molar-refractivity contribution in [2.24, 2.45) is 4.36 Å². The van der Waals surface area contributed by atoms with Gasteiger partial charge in [-0.3, -0.25) is 13.8 Å². The Morgan fingerprint density at radius 2 is 2.07 bits per heavy atom. The van der Waals surface area contributed by atoms with Crippen molar-refractivity contribution in [3.05, 3.63) is 48.0 Å². The third-order valence-electron chi connectivity index (χ3n) is 5.01. The van der Waals surface area contributed by atoms with E-state index in [9.17, 15) is 13.8 Å². The van der Waals surface area contributed by atoms with Gasteiger partial charge in [0.15, 0.2) is 5.78 Å². The van der Waals surface area contributed by atoms with Crippen molar-refractivity contribution in [3.63, 3.8) is 0 Å². The van der Waals surface area contributed by atoms with Gasteiger partial charge < -0.3 is 4.90 Å². The fourth-order valence-corrected chi connectivity index (χ4v) is 5.22. The number of amides is 1. The molecule has 1 aliphatic heterocycles. The summed E-state index contributed by atoms with van der Waals surface area (Å²) in [5, 5.41) is 0. The number of nitrogens with zero attached hydrogens (tertiary/aromatic N) is 2. The molecule has 0 radical (unpaired) electrons. The molecule has 2 rings (SSSR count). The van der Waals surface area contributed by atoms with Gasteiger partial charge in [0.25, 0.3) is 0 Å². The third-order valence-corrected chi connectivity index (χ3v) is 7.88. The molecule has 2 atom stereocenters. The third kappa shape index (κ3) is 8.74. The van der Waals surface area contributed by atoms with Gasteiger partial charge in [0.05, 0.1) is 6.04 Å². The molecule has 0 spiro atoms. The molecule has 1 aromatic rings. The lowest BCUT2D eigenvalue weighted by Crippen LogP contribution is -2.43. The molecule has 7 heteroatoms. The van der Waals surface area contributed by atoms with Gasteiger partial charge in [-0.15, -0.1) is 0 Å². The Morgan fingerprint density at radius 1 is 1.31 bits per heavy atom. The van der Waals surface area contributed by atoms with Crippen LogP contribution in [0.25, 0.3) is 0 Å². The molecule has 1 heterocycles. The van der Waals surface area contributed by atoms with Gasteiger partial charge in [-0.25, -0.2) is 4.36 Å². The summed E-state index contributed by atoms with van der Waals surface area (Å²) in [4.78, 5) is 26.5. The van der Waals surface area contributed by atoms with Crippen LogP contribution in [0.4, 0.5) is 0 Å². The van der Waals surface area contributed by atoms with E-state index in [1.54, 1.807) is 31.1 Å². The van der Waals surface area contributed by atoms with Crippen molar-refractivity contribution in [3.8, 4) is 0 Å². The Kier molecular flexibility index (Phi) is 9.94. The minimum absolute atomic E-state index is 0.00448. The molecule has 1 aromatic carbocycles. The summed E-state index contributed by atoms with van der Waals surface area (Å²) in [6, 6.07) is 9.70. The standard InChI is InChI=1S/C22H32N2O3S2/c1-23-29(2,27)17-7-15-28-16-14-24-20(10-6-11-22(24)26)12-13-21(25)18-19-8-4-3-5-9-19/h3-5,8-9,12-13,20H,6-7,10-11,14-18H2,1-2H3/b13-12+/t20-,29?/m1/s1. The number of carbonyl (C=O) groups excluding carboxylic acids is 2. The Labute approximate surface area is 179 Å². The predicted octanol–water partition coefficient (Wildman–Crippen LogP) is 3.59. The van der Waals surface area contributed by atoms with Crippen LogP contribution in [0.5, 0.6) is 0 Å². The van der Waals surface area contributed by atoms with Gasteiger partial charge in [-0.2, -0.15) is 11.8 Å². The molecule has 29 heavy (non-hydrogen) atoms. The molecule has 1 unspecified atom stereocenters. The molecule has 0 aliphatic carbocycles. The minimum Gasteiger partial charge on any atom is -0.335 e. The van der Waals surface area contributed by atoms with Crippen LogP contribution >= 0.6 is 11.8 Å². The van der Waals surface area contributed by atoms with Crippen molar-refractivity contribution >= 4 is 33.2 Å². The molecule has 0 aromatic heterocycles. The van der Waals surface area contributed by atoms with Gasteiger partial charge in [-0.1, -0.05) is 36.4 Å². The monoisotopic (exact) mass is 436 g/mol. The van der Waals surface area contributed by atoms with Crippen LogP contribution in [-0.2, 0) is 25.7 Å². The van der Waals surface area contributed by atoms with Gasteiger partial charge in [-0.05, 0) is 36.7 Å². The summed E-state index contributed by atoms with van der Waals surface area (Å²) in [5.41, 5.74) is 1.00. The smallest absolute Gasteiger partial charge is 0.223 e. The summed E-state index contributed by atoms with van der Waals surface area (Å²) in [6.45, 7) is 0.686. The number of rotatable bonds is 11. The van der Waals surface area contributed by atoms with Gasteiger partial charge in [0, 0.05) is 53.9 Å². The second-order valence-electron chi connectivity index (χ2n) is 7.35. The number of benzene rings is 1. The van der Waals surface area contributed by atoms with E-state index in [-0.39, 0.29) is 17.7 Å². The van der Waals surface area contributed by atoms with E-state index in [1.807, 2.05) is 41.3 Å². The molecule has 1 fully saturated rings. The van der Waals surface area contributed by atoms with E-state index < -0.39 is 9.73 Å². The van der Waals surface area contributed by atoms with Crippen LogP contribution in [0.3, 0.4) is 0 Å². The number of hydrogen-bond acceptors (Lipinski definition) is 5. The summed E-state index contributed by atoms with van der Waals surface area (Å²) in [5.74, 6) is 2.62. The SMILES string of the molecule is CN=S(C)(=O)CCCSCCN1C(=O)CCC[C@@H]1/C=C/C(=O)Cc1ccccc1. The zero-order valence-electron chi connectivity index (χ0n) is 17.4. The maximum absolute atomic E-state index is 12.4. The zero-order chi connectivity index (χ0) is 21.1. The average molecular weight is 437 g/mol. The van der Waals surface area contributed by atoms with Crippen molar-refractivity contribution in [2.45, 2.75) is 38.1 Å². The molecule has 0 saturated carbocycles. The lowest BCUT2D eigenvalue weighted by molar-refractivity contribution is -0.134. The molecule has 160 valence electrons. The number of allylic oxidation sites excluding steroid dienone is 1. The van der Waals surface area contributed by atoms with Crippen LogP contribution in [0.2, 0.25) is 0 Å². The molecular weight excluding hydrogens is 404 g/mol. The topological polar surface area (TPSA) is 66.8 Å². The molecule has 1 amide bonds. The maximum atomic E-state index is 12.4. The maximum Gasteiger partial charge on any atom is 0.223 e. The van der Waals surface area contributed by atoms with Crippen molar-refractivity contribution in [1.29, 1.82) is 0 Å². The number of ketones is 1. The highest BCUT2D eigenvalue weighted by Gasteiger charge is 2.25. The Hall–Kier alpha value is -1.60. The van der Waals surface area contributed by atoms with Crippen LogP contribution < -0.4 is 0 Å². The van der Waals surface area contributed by atoms with Crippen molar-refractivity contribution in [2.75, 3.05) is 37.1 Å². The quantitative estimate of drug-likeness (QED) is 0.393. The second-order valence-corrected chi connectivity index (χ2v) is 11.3. The van der Waals surface area contributed by atoms with Crippen LogP contribution in [0.1, 0.15) is 31.2 Å². The van der Waals surface area contributed by atoms with Crippen LogP contribution in [0.15, 0.2) is 46.8 Å². The highest BCUT2D eigenvalue weighted by Crippen LogP contribution is 2.20. The zero-order valence-corrected chi connectivity index (χ0v) is 19.1. The first-order valence-electron chi connectivity index (χ1n) is 10.1. The highest BCUT2D eigenvalue weighted by atomic mass is 32.2. The van der Waals surface area contributed by atoms with E-state index in [2.05, 4.69) is 4.36 Å². The fourth-order valence-electron chi connectivity index (χ4n) is 3.30. The largest absolute Gasteiger partial charge is 0.335 e. The predicted molar refractivity (Wildman–Crippen MR) is 123 cm³/mol. The molecule has 0 bridgehead atoms. The van der Waals surface area contributed by atoms with Crippen LogP contribution in [0, 0.1) is 0 Å². The first-order valence-corrected chi connectivity index (χ1v) is 13.4. The lowest BCUT2D eigenvalue weighted by atomic mass is 10.00. The van der Waals surface area contributed by atoms with Crippen molar-refractivity contribution < 1.29 is 13.8 Å². The van der Waals surface area contributed by atoms with Crippen molar-refractivity contribution in [1.82, 2.24) is 4.90 Å². The number of hydrogen-bond donors (Lipinski definition) is 0. The van der Waals surface area contributed by atoms with E-state index in [0.29, 0.717) is 25.1 Å². The second kappa shape index (κ2) is 12.2. The lowest BCUT2D eigenvalue weighted by Gasteiger charge is -2.34. The molecule has 1 aliphatic rings. The Balaban J connectivity index is 1.79. The van der Waals surface area contributed by atoms with E-state index in [1.165, 1.54) is 0 Å². The molecule has 1 saturated heterocycles. The normalized spacial score (nSPS) is 19.3. The van der Waals surface area contributed by atoms with Crippen LogP contribution in [-0.4, -0.2) is 63.9 Å². The van der Waals surface area contributed by atoms with E-state index in [4.69, 9.17) is 0 Å². The number of thioether (sulfide) groups is 1.